The summed E-state index contributed by atoms with van der Waals surface area (Å²) in [5.41, 5.74) is 0.281. The van der Waals surface area contributed by atoms with E-state index in [1.165, 1.54) is 18.2 Å². The number of aromatic hydroxyl groups is 1. The van der Waals surface area contributed by atoms with Gasteiger partial charge in [0.15, 0.2) is 0 Å². The number of hydrogen-bond acceptors (Lipinski definition) is 3. The Kier molecular flexibility index (Phi) is 5.44. The summed E-state index contributed by atoms with van der Waals surface area (Å²) in [4.78, 5) is 13.9. The van der Waals surface area contributed by atoms with Crippen LogP contribution in [0.15, 0.2) is 18.2 Å². The number of aliphatic hydroxyl groups is 1. The normalized spacial score (nSPS) is 10.7. The Morgan fingerprint density at radius 1 is 1.44 bits per heavy atom. The summed E-state index contributed by atoms with van der Waals surface area (Å²) >= 11 is 5.97. The van der Waals surface area contributed by atoms with Crippen LogP contribution in [-0.2, 0) is 0 Å². The van der Waals surface area contributed by atoms with Crippen LogP contribution in [0.3, 0.4) is 0 Å². The maximum atomic E-state index is 12.3. The summed E-state index contributed by atoms with van der Waals surface area (Å²) in [5, 5.41) is 18.6. The Labute approximate surface area is 112 Å². The van der Waals surface area contributed by atoms with Crippen molar-refractivity contribution >= 4 is 17.5 Å². The second kappa shape index (κ2) is 6.61. The molecule has 0 aliphatic carbocycles. The van der Waals surface area contributed by atoms with E-state index in [9.17, 15) is 9.90 Å². The molecule has 1 aromatic rings. The van der Waals surface area contributed by atoms with Crippen LogP contribution in [0, 0.1) is 0 Å². The van der Waals surface area contributed by atoms with E-state index in [4.69, 9.17) is 16.7 Å². The second-order valence-electron chi connectivity index (χ2n) is 4.33. The summed E-state index contributed by atoms with van der Waals surface area (Å²) in [5.74, 6) is -0.229. The number of aliphatic hydroxyl groups excluding tert-OH is 1. The van der Waals surface area contributed by atoms with Crippen molar-refractivity contribution in [2.45, 2.75) is 26.3 Å². The standard InChI is InChI=1S/C13H18ClNO3/c1-9(2)15(6-3-7-16)13(18)11-8-10(17)4-5-12(11)14/h4-5,8-9,16-17H,3,6-7H2,1-2H3. The predicted octanol–water partition coefficient (Wildman–Crippen LogP) is 2.28. The fourth-order valence-corrected chi connectivity index (χ4v) is 1.87. The molecule has 0 unspecified atom stereocenters. The molecular weight excluding hydrogens is 254 g/mol. The van der Waals surface area contributed by atoms with Crippen molar-refractivity contribution in [1.82, 2.24) is 4.90 Å². The number of amides is 1. The first-order valence-corrected chi connectivity index (χ1v) is 6.25. The number of nitrogens with zero attached hydrogens (tertiary/aromatic N) is 1. The molecule has 0 radical (unpaired) electrons. The van der Waals surface area contributed by atoms with Gasteiger partial charge in [-0.2, -0.15) is 0 Å². The van der Waals surface area contributed by atoms with Crippen LogP contribution in [-0.4, -0.2) is 40.2 Å². The van der Waals surface area contributed by atoms with Crippen LogP contribution in [0.4, 0.5) is 0 Å². The lowest BCUT2D eigenvalue weighted by atomic mass is 10.1. The topological polar surface area (TPSA) is 60.8 Å². The minimum Gasteiger partial charge on any atom is -0.508 e. The molecule has 0 saturated heterocycles. The zero-order valence-electron chi connectivity index (χ0n) is 10.6. The first-order valence-electron chi connectivity index (χ1n) is 5.87. The van der Waals surface area contributed by atoms with Gasteiger partial charge in [0.25, 0.3) is 5.91 Å². The van der Waals surface area contributed by atoms with E-state index < -0.39 is 0 Å². The third kappa shape index (κ3) is 3.62. The summed E-state index contributed by atoms with van der Waals surface area (Å²) < 4.78 is 0. The van der Waals surface area contributed by atoms with Crippen LogP contribution >= 0.6 is 11.6 Å². The highest BCUT2D eigenvalue weighted by molar-refractivity contribution is 6.33. The Hall–Kier alpha value is -1.26. The van der Waals surface area contributed by atoms with Gasteiger partial charge in [-0.05, 0) is 38.5 Å². The Bertz CT molecular complexity index is 421. The van der Waals surface area contributed by atoms with E-state index in [1.54, 1.807) is 4.90 Å². The average Bonchev–Trinajstić information content (AvgIpc) is 2.32. The summed E-state index contributed by atoms with van der Waals surface area (Å²) in [6.45, 7) is 4.28. The fourth-order valence-electron chi connectivity index (χ4n) is 1.67. The molecule has 2 N–H and O–H groups in total. The molecule has 0 aliphatic heterocycles. The molecule has 4 nitrogen and oxygen atoms in total. The average molecular weight is 272 g/mol. The van der Waals surface area contributed by atoms with E-state index >= 15 is 0 Å². The molecule has 5 heteroatoms. The van der Waals surface area contributed by atoms with Gasteiger partial charge in [0, 0.05) is 19.2 Å². The largest absolute Gasteiger partial charge is 0.508 e. The van der Waals surface area contributed by atoms with E-state index in [0.29, 0.717) is 18.0 Å². The minimum absolute atomic E-state index is 0.00228. The molecule has 1 rings (SSSR count). The van der Waals surface area contributed by atoms with Crippen molar-refractivity contribution in [1.29, 1.82) is 0 Å². The van der Waals surface area contributed by atoms with Crippen molar-refractivity contribution in [3.05, 3.63) is 28.8 Å². The van der Waals surface area contributed by atoms with Crippen molar-refractivity contribution in [3.63, 3.8) is 0 Å². The highest BCUT2D eigenvalue weighted by Gasteiger charge is 2.20. The summed E-state index contributed by atoms with van der Waals surface area (Å²) in [7, 11) is 0. The minimum atomic E-state index is -0.237. The smallest absolute Gasteiger partial charge is 0.255 e. The van der Waals surface area contributed by atoms with Gasteiger partial charge in [0.05, 0.1) is 10.6 Å². The number of hydrogen-bond donors (Lipinski definition) is 2. The lowest BCUT2D eigenvalue weighted by molar-refractivity contribution is 0.0693. The van der Waals surface area contributed by atoms with E-state index in [2.05, 4.69) is 0 Å². The molecule has 0 heterocycles. The zero-order valence-corrected chi connectivity index (χ0v) is 11.3. The summed E-state index contributed by atoms with van der Waals surface area (Å²) in [6.07, 6.45) is 0.514. The van der Waals surface area contributed by atoms with Crippen LogP contribution in [0.1, 0.15) is 30.6 Å². The Morgan fingerprint density at radius 2 is 2.11 bits per heavy atom. The molecule has 1 aromatic carbocycles. The number of carbonyl (C=O) groups is 1. The highest BCUT2D eigenvalue weighted by atomic mass is 35.5. The van der Waals surface area contributed by atoms with Crippen molar-refractivity contribution in [2.75, 3.05) is 13.2 Å². The van der Waals surface area contributed by atoms with Gasteiger partial charge in [0.2, 0.25) is 0 Å². The zero-order chi connectivity index (χ0) is 13.7. The third-order valence-corrected chi connectivity index (χ3v) is 2.95. The van der Waals surface area contributed by atoms with Crippen molar-refractivity contribution in [2.24, 2.45) is 0 Å². The molecule has 0 spiro atoms. The first-order chi connectivity index (χ1) is 8.47. The van der Waals surface area contributed by atoms with Crippen LogP contribution in [0.2, 0.25) is 5.02 Å². The van der Waals surface area contributed by atoms with Gasteiger partial charge >= 0.3 is 0 Å². The molecule has 0 saturated carbocycles. The molecule has 0 aromatic heterocycles. The monoisotopic (exact) mass is 271 g/mol. The molecule has 0 fully saturated rings. The van der Waals surface area contributed by atoms with E-state index in [1.807, 2.05) is 13.8 Å². The predicted molar refractivity (Wildman–Crippen MR) is 71.0 cm³/mol. The van der Waals surface area contributed by atoms with Gasteiger partial charge in [-0.3, -0.25) is 4.79 Å². The number of phenols is 1. The molecule has 0 bridgehead atoms. The van der Waals surface area contributed by atoms with Gasteiger partial charge in [0.1, 0.15) is 5.75 Å². The maximum Gasteiger partial charge on any atom is 0.255 e. The Balaban J connectivity index is 2.98. The fraction of sp³-hybridized carbons (Fsp3) is 0.462. The third-order valence-electron chi connectivity index (χ3n) is 2.62. The lowest BCUT2D eigenvalue weighted by Gasteiger charge is -2.27. The molecule has 0 aliphatic rings. The number of halogens is 1. The quantitative estimate of drug-likeness (QED) is 0.864. The highest BCUT2D eigenvalue weighted by Crippen LogP contribution is 2.23. The number of rotatable bonds is 5. The van der Waals surface area contributed by atoms with Gasteiger partial charge < -0.3 is 15.1 Å². The lowest BCUT2D eigenvalue weighted by Crippen LogP contribution is -2.38. The van der Waals surface area contributed by atoms with Gasteiger partial charge in [-0.25, -0.2) is 0 Å². The molecule has 1 amide bonds. The molecule has 18 heavy (non-hydrogen) atoms. The van der Waals surface area contributed by atoms with E-state index in [0.717, 1.165) is 0 Å². The maximum absolute atomic E-state index is 12.3. The number of carbonyl (C=O) groups excluding carboxylic acids is 1. The molecular formula is C13H18ClNO3. The van der Waals surface area contributed by atoms with Crippen molar-refractivity contribution < 1.29 is 15.0 Å². The van der Waals surface area contributed by atoms with Gasteiger partial charge in [-0.1, -0.05) is 11.6 Å². The van der Waals surface area contributed by atoms with Crippen LogP contribution < -0.4 is 0 Å². The van der Waals surface area contributed by atoms with Gasteiger partial charge in [-0.15, -0.1) is 0 Å². The van der Waals surface area contributed by atoms with Crippen LogP contribution in [0.25, 0.3) is 0 Å². The van der Waals surface area contributed by atoms with E-state index in [-0.39, 0.29) is 29.9 Å². The SMILES string of the molecule is CC(C)N(CCCO)C(=O)c1cc(O)ccc1Cl. The summed E-state index contributed by atoms with van der Waals surface area (Å²) in [6, 6.07) is 4.29. The Morgan fingerprint density at radius 3 is 2.67 bits per heavy atom. The first kappa shape index (κ1) is 14.8. The second-order valence-corrected chi connectivity index (χ2v) is 4.74. The van der Waals surface area contributed by atoms with Crippen LogP contribution in [0.5, 0.6) is 5.75 Å². The van der Waals surface area contributed by atoms with Crippen molar-refractivity contribution in [3.8, 4) is 5.75 Å². The number of phenolic OH excluding ortho intramolecular Hbond substituents is 1. The molecule has 0 atom stereocenters. The molecule has 100 valence electrons. The number of benzene rings is 1.